The Morgan fingerprint density at radius 3 is 2.83 bits per heavy atom. The molecule has 1 aliphatic carbocycles. The highest BCUT2D eigenvalue weighted by Gasteiger charge is 2.32. The molecule has 0 unspecified atom stereocenters. The van der Waals surface area contributed by atoms with E-state index in [2.05, 4.69) is 0 Å². The maximum Gasteiger partial charge on any atom is 0.325 e. The van der Waals surface area contributed by atoms with Crippen LogP contribution >= 0.6 is 24.0 Å². The predicted octanol–water partition coefficient (Wildman–Crippen LogP) is 4.60. The van der Waals surface area contributed by atoms with E-state index in [1.165, 1.54) is 44.6 Å². The standard InChI is InChI=1S/C22H24N2O3S2/c1-27-20(25)14-23-13-16(17-8-4-5-9-18(17)23)12-19-21(26)24(22(28)29-19)11-10-15-6-2-3-7-15/h4-5,8-9,12-13,15H,2-3,6-7,10-11,14H2,1H3/b19-12-. The van der Waals surface area contributed by atoms with Gasteiger partial charge in [-0.2, -0.15) is 0 Å². The van der Waals surface area contributed by atoms with Gasteiger partial charge in [0, 0.05) is 29.2 Å². The maximum atomic E-state index is 13.0. The van der Waals surface area contributed by atoms with E-state index in [0.717, 1.165) is 28.8 Å². The van der Waals surface area contributed by atoms with Crippen molar-refractivity contribution in [1.82, 2.24) is 9.47 Å². The molecule has 1 aromatic heterocycles. The minimum Gasteiger partial charge on any atom is -0.468 e. The van der Waals surface area contributed by atoms with E-state index < -0.39 is 0 Å². The van der Waals surface area contributed by atoms with Crippen molar-refractivity contribution in [2.45, 2.75) is 38.6 Å². The lowest BCUT2D eigenvalue weighted by molar-refractivity contribution is -0.141. The van der Waals surface area contributed by atoms with Crippen LogP contribution in [0.5, 0.6) is 0 Å². The van der Waals surface area contributed by atoms with Gasteiger partial charge in [-0.1, -0.05) is 67.9 Å². The summed E-state index contributed by atoms with van der Waals surface area (Å²) in [5.74, 6) is 0.401. The smallest absolute Gasteiger partial charge is 0.325 e. The number of hydrogen-bond acceptors (Lipinski definition) is 5. The molecule has 2 heterocycles. The van der Waals surface area contributed by atoms with Crippen molar-refractivity contribution in [1.29, 1.82) is 0 Å². The summed E-state index contributed by atoms with van der Waals surface area (Å²) in [6, 6.07) is 7.84. The molecule has 1 saturated carbocycles. The van der Waals surface area contributed by atoms with Crippen molar-refractivity contribution in [2.75, 3.05) is 13.7 Å². The van der Waals surface area contributed by atoms with Crippen LogP contribution in [0.15, 0.2) is 35.4 Å². The quantitative estimate of drug-likeness (QED) is 0.382. The van der Waals surface area contributed by atoms with E-state index in [0.29, 0.717) is 15.8 Å². The second-order valence-electron chi connectivity index (χ2n) is 7.58. The van der Waals surface area contributed by atoms with Gasteiger partial charge >= 0.3 is 5.97 Å². The van der Waals surface area contributed by atoms with Crippen LogP contribution in [0, 0.1) is 5.92 Å². The first-order chi connectivity index (χ1) is 14.1. The van der Waals surface area contributed by atoms with Gasteiger partial charge in [-0.05, 0) is 24.5 Å². The number of rotatable bonds is 6. The van der Waals surface area contributed by atoms with Crippen LogP contribution in [0.2, 0.25) is 0 Å². The van der Waals surface area contributed by atoms with Crippen molar-refractivity contribution >= 4 is 57.2 Å². The van der Waals surface area contributed by atoms with Crippen LogP contribution in [0.25, 0.3) is 17.0 Å². The topological polar surface area (TPSA) is 51.5 Å². The van der Waals surface area contributed by atoms with Crippen molar-refractivity contribution < 1.29 is 14.3 Å². The average Bonchev–Trinajstić information content (AvgIpc) is 3.42. The Balaban J connectivity index is 1.57. The second kappa shape index (κ2) is 8.71. The molecule has 152 valence electrons. The molecule has 2 fully saturated rings. The Labute approximate surface area is 180 Å². The number of nitrogens with zero attached hydrogens (tertiary/aromatic N) is 2. The zero-order chi connectivity index (χ0) is 20.4. The minimum atomic E-state index is -0.310. The van der Waals surface area contributed by atoms with Gasteiger partial charge in [-0.15, -0.1) is 0 Å². The van der Waals surface area contributed by atoms with Crippen LogP contribution in [-0.2, 0) is 20.9 Å². The van der Waals surface area contributed by atoms with Crippen LogP contribution in [0.3, 0.4) is 0 Å². The second-order valence-corrected chi connectivity index (χ2v) is 9.25. The summed E-state index contributed by atoms with van der Waals surface area (Å²) in [5.41, 5.74) is 1.83. The van der Waals surface area contributed by atoms with E-state index in [4.69, 9.17) is 17.0 Å². The Hall–Kier alpha value is -2.12. The van der Waals surface area contributed by atoms with Gasteiger partial charge < -0.3 is 9.30 Å². The molecule has 2 aliphatic rings. The predicted molar refractivity (Wildman–Crippen MR) is 120 cm³/mol. The van der Waals surface area contributed by atoms with Crippen LogP contribution < -0.4 is 0 Å². The number of hydrogen-bond donors (Lipinski definition) is 0. The number of thioether (sulfide) groups is 1. The highest BCUT2D eigenvalue weighted by atomic mass is 32.2. The molecule has 0 bridgehead atoms. The molecular formula is C22H24N2O3S2. The van der Waals surface area contributed by atoms with Crippen LogP contribution in [0.4, 0.5) is 0 Å². The monoisotopic (exact) mass is 428 g/mol. The van der Waals surface area contributed by atoms with Crippen molar-refractivity contribution in [3.05, 3.63) is 40.9 Å². The van der Waals surface area contributed by atoms with Gasteiger partial charge in [0.2, 0.25) is 0 Å². The molecule has 4 rings (SSSR count). The van der Waals surface area contributed by atoms with Gasteiger partial charge in [-0.25, -0.2) is 0 Å². The molecule has 0 atom stereocenters. The molecule has 29 heavy (non-hydrogen) atoms. The van der Waals surface area contributed by atoms with Gasteiger partial charge in [0.25, 0.3) is 5.91 Å². The largest absolute Gasteiger partial charge is 0.468 e. The number of para-hydroxylation sites is 1. The zero-order valence-corrected chi connectivity index (χ0v) is 18.1. The lowest BCUT2D eigenvalue weighted by Gasteiger charge is -2.17. The van der Waals surface area contributed by atoms with E-state index in [-0.39, 0.29) is 18.4 Å². The van der Waals surface area contributed by atoms with E-state index in [1.54, 1.807) is 4.90 Å². The number of benzene rings is 1. The molecule has 1 aromatic carbocycles. The van der Waals surface area contributed by atoms with Gasteiger partial charge in [0.05, 0.1) is 12.0 Å². The van der Waals surface area contributed by atoms with Crippen molar-refractivity contribution in [3.63, 3.8) is 0 Å². The van der Waals surface area contributed by atoms with Gasteiger partial charge in [-0.3, -0.25) is 14.5 Å². The number of aromatic nitrogens is 1. The summed E-state index contributed by atoms with van der Waals surface area (Å²) in [6.07, 6.45) is 9.96. The number of ether oxygens (including phenoxy) is 1. The van der Waals surface area contributed by atoms with Gasteiger partial charge in [0.1, 0.15) is 10.9 Å². The number of carbonyl (C=O) groups is 2. The molecule has 0 N–H and O–H groups in total. The summed E-state index contributed by atoms with van der Waals surface area (Å²) < 4.78 is 7.29. The first-order valence-corrected chi connectivity index (χ1v) is 11.2. The number of carbonyl (C=O) groups excluding carboxylic acids is 2. The molecule has 1 aliphatic heterocycles. The number of thiocarbonyl (C=S) groups is 1. The number of amides is 1. The van der Waals surface area contributed by atoms with E-state index in [1.807, 2.05) is 41.1 Å². The average molecular weight is 429 g/mol. The lowest BCUT2D eigenvalue weighted by atomic mass is 10.0. The van der Waals surface area contributed by atoms with Crippen LogP contribution in [0.1, 0.15) is 37.7 Å². The molecule has 1 saturated heterocycles. The lowest BCUT2D eigenvalue weighted by Crippen LogP contribution is -2.30. The Bertz CT molecular complexity index is 989. The third kappa shape index (κ3) is 4.26. The first-order valence-electron chi connectivity index (χ1n) is 9.97. The molecular weight excluding hydrogens is 404 g/mol. The normalized spacial score (nSPS) is 19.1. The number of fused-ring (bicyclic) bond motifs is 1. The fourth-order valence-electron chi connectivity index (χ4n) is 4.17. The Morgan fingerprint density at radius 2 is 2.07 bits per heavy atom. The molecule has 0 radical (unpaired) electrons. The van der Waals surface area contributed by atoms with Crippen molar-refractivity contribution in [2.24, 2.45) is 5.92 Å². The minimum absolute atomic E-state index is 0.0113. The van der Waals surface area contributed by atoms with Gasteiger partial charge in [0.15, 0.2) is 0 Å². The first kappa shape index (κ1) is 20.2. The highest BCUT2D eigenvalue weighted by Crippen LogP contribution is 2.36. The highest BCUT2D eigenvalue weighted by molar-refractivity contribution is 8.26. The molecule has 0 spiro atoms. The number of esters is 1. The van der Waals surface area contributed by atoms with Crippen LogP contribution in [-0.4, -0.2) is 39.3 Å². The Kier molecular flexibility index (Phi) is 6.06. The molecule has 1 amide bonds. The summed E-state index contributed by atoms with van der Waals surface area (Å²) in [7, 11) is 1.38. The Morgan fingerprint density at radius 1 is 1.31 bits per heavy atom. The molecule has 5 nitrogen and oxygen atoms in total. The summed E-state index contributed by atoms with van der Waals surface area (Å²) in [5, 5.41) is 0.993. The zero-order valence-electron chi connectivity index (χ0n) is 16.4. The number of methoxy groups -OCH3 is 1. The van der Waals surface area contributed by atoms with E-state index in [9.17, 15) is 9.59 Å². The SMILES string of the molecule is COC(=O)Cn1cc(/C=C2\SC(=S)N(CCC3CCCC3)C2=O)c2ccccc21. The third-order valence-corrected chi connectivity index (χ3v) is 7.12. The maximum absolute atomic E-state index is 13.0. The summed E-state index contributed by atoms with van der Waals surface area (Å²) >= 11 is 6.85. The summed E-state index contributed by atoms with van der Waals surface area (Å²) in [4.78, 5) is 27.1. The fraction of sp³-hybridized carbons (Fsp3) is 0.409. The molecule has 7 heteroatoms. The third-order valence-electron chi connectivity index (χ3n) is 5.74. The van der Waals surface area contributed by atoms with E-state index >= 15 is 0 Å². The van der Waals surface area contributed by atoms with Crippen molar-refractivity contribution in [3.8, 4) is 0 Å². The molecule has 2 aromatic rings. The summed E-state index contributed by atoms with van der Waals surface area (Å²) in [6.45, 7) is 0.837. The fourth-order valence-corrected chi connectivity index (χ4v) is 5.47.